The summed E-state index contributed by atoms with van der Waals surface area (Å²) < 4.78 is 1.09. The van der Waals surface area contributed by atoms with E-state index in [-0.39, 0.29) is 15.0 Å². The third kappa shape index (κ3) is 1.98. The van der Waals surface area contributed by atoms with Crippen LogP contribution in [0.1, 0.15) is 5.56 Å². The Morgan fingerprint density at radius 1 is 1.55 bits per heavy atom. The Morgan fingerprint density at radius 2 is 2.27 bits per heavy atom. The van der Waals surface area contributed by atoms with Crippen LogP contribution >= 0.6 is 0 Å². The molecule has 56 valence electrons. The number of benzene rings is 1. The van der Waals surface area contributed by atoms with Crippen molar-refractivity contribution in [2.24, 2.45) is 0 Å². The molecule has 0 spiro atoms. The van der Waals surface area contributed by atoms with E-state index in [0.29, 0.717) is 0 Å². The first-order valence-corrected chi connectivity index (χ1v) is 4.87. The fraction of sp³-hybridized carbons (Fsp3) is 0.125. The van der Waals surface area contributed by atoms with Gasteiger partial charge in [-0.3, -0.25) is 0 Å². The summed E-state index contributed by atoms with van der Waals surface area (Å²) in [5.74, 6) is 0. The summed E-state index contributed by atoms with van der Waals surface area (Å²) in [6, 6.07) is 5.73. The Balaban J connectivity index is 2.98. The predicted molar refractivity (Wildman–Crippen MR) is 46.6 cm³/mol. The maximum absolute atomic E-state index is 8.43. The number of rotatable bonds is 1. The van der Waals surface area contributed by atoms with Gasteiger partial charge in [0.1, 0.15) is 0 Å². The average molecular weight is 211 g/mol. The van der Waals surface area contributed by atoms with Crippen LogP contribution in [0.15, 0.2) is 18.2 Å². The fourth-order valence-electron chi connectivity index (χ4n) is 0.764. The number of nitriles is 1. The first kappa shape index (κ1) is 8.13. The van der Waals surface area contributed by atoms with Gasteiger partial charge >= 0.3 is 71.8 Å². The van der Waals surface area contributed by atoms with E-state index in [1.165, 1.54) is 0 Å². The second-order valence-corrected chi connectivity index (χ2v) is 4.01. The maximum atomic E-state index is 8.43. The molecule has 2 N–H and O–H groups in total. The molecule has 0 aliphatic heterocycles. The molecule has 0 heterocycles. The molecule has 0 aromatic heterocycles. The minimum absolute atomic E-state index is 0.0571. The SMILES string of the molecule is Cc1cc([Se]C#N)ccc1N. The van der Waals surface area contributed by atoms with Crippen LogP contribution in [0.25, 0.3) is 0 Å². The molecule has 0 fully saturated rings. The molecule has 1 aromatic rings. The summed E-state index contributed by atoms with van der Waals surface area (Å²) >= 11 is -0.0571. The number of aryl methyl sites for hydroxylation is 1. The van der Waals surface area contributed by atoms with Crippen molar-refractivity contribution < 1.29 is 0 Å². The zero-order valence-electron chi connectivity index (χ0n) is 6.16. The van der Waals surface area contributed by atoms with Crippen molar-refractivity contribution in [2.45, 2.75) is 6.92 Å². The molecule has 0 aliphatic rings. The van der Waals surface area contributed by atoms with Crippen molar-refractivity contribution in [2.75, 3.05) is 5.73 Å². The Labute approximate surface area is 72.2 Å². The number of nitrogen functional groups attached to an aromatic ring is 1. The zero-order chi connectivity index (χ0) is 8.27. The van der Waals surface area contributed by atoms with Gasteiger partial charge in [-0.25, -0.2) is 0 Å². The molecule has 0 saturated heterocycles. The molecule has 0 atom stereocenters. The molecule has 0 aliphatic carbocycles. The first-order chi connectivity index (χ1) is 5.24. The minimum atomic E-state index is -0.0571. The van der Waals surface area contributed by atoms with E-state index in [2.05, 4.69) is 4.97 Å². The van der Waals surface area contributed by atoms with Gasteiger partial charge in [-0.2, -0.15) is 0 Å². The number of hydrogen-bond acceptors (Lipinski definition) is 2. The van der Waals surface area contributed by atoms with E-state index in [1.807, 2.05) is 25.1 Å². The van der Waals surface area contributed by atoms with E-state index >= 15 is 0 Å². The van der Waals surface area contributed by atoms with Crippen LogP contribution in [0.3, 0.4) is 0 Å². The summed E-state index contributed by atoms with van der Waals surface area (Å²) in [5, 5.41) is 8.43. The second kappa shape index (κ2) is 3.43. The van der Waals surface area contributed by atoms with Crippen LogP contribution in [0, 0.1) is 17.2 Å². The summed E-state index contributed by atoms with van der Waals surface area (Å²) in [6.07, 6.45) is 0. The summed E-state index contributed by atoms with van der Waals surface area (Å²) in [5.41, 5.74) is 7.46. The van der Waals surface area contributed by atoms with E-state index in [4.69, 9.17) is 11.0 Å². The van der Waals surface area contributed by atoms with Crippen molar-refractivity contribution >= 4 is 25.1 Å². The van der Waals surface area contributed by atoms with Gasteiger partial charge in [0, 0.05) is 0 Å². The van der Waals surface area contributed by atoms with Crippen LogP contribution in [-0.2, 0) is 0 Å². The summed E-state index contributed by atoms with van der Waals surface area (Å²) in [4.78, 5) is 2.15. The molecule has 11 heavy (non-hydrogen) atoms. The molecular weight excluding hydrogens is 203 g/mol. The van der Waals surface area contributed by atoms with Crippen LogP contribution in [0.4, 0.5) is 5.69 Å². The van der Waals surface area contributed by atoms with Gasteiger partial charge in [0.25, 0.3) is 0 Å². The average Bonchev–Trinajstić information content (AvgIpc) is 1.98. The Kier molecular flexibility index (Phi) is 2.53. The van der Waals surface area contributed by atoms with E-state index in [1.54, 1.807) is 0 Å². The van der Waals surface area contributed by atoms with E-state index < -0.39 is 0 Å². The standard InChI is InChI=1S/C8H8N2Se/c1-6-4-7(11-5-9)2-3-8(6)10/h2-4H,10H2,1H3. The summed E-state index contributed by atoms with van der Waals surface area (Å²) in [7, 11) is 0. The zero-order valence-corrected chi connectivity index (χ0v) is 7.88. The molecule has 3 heteroatoms. The second-order valence-electron chi connectivity index (χ2n) is 2.21. The van der Waals surface area contributed by atoms with Gasteiger partial charge in [0.15, 0.2) is 0 Å². The van der Waals surface area contributed by atoms with Crippen molar-refractivity contribution in [3.05, 3.63) is 23.8 Å². The van der Waals surface area contributed by atoms with Crippen molar-refractivity contribution in [3.8, 4) is 4.97 Å². The molecular formula is C8H8N2Se. The predicted octanol–water partition coefficient (Wildman–Crippen LogP) is 0.388. The first-order valence-electron chi connectivity index (χ1n) is 3.16. The molecule has 0 bridgehead atoms. The fourth-order valence-corrected chi connectivity index (χ4v) is 1.77. The van der Waals surface area contributed by atoms with E-state index in [9.17, 15) is 0 Å². The number of nitrogens with zero attached hydrogens (tertiary/aromatic N) is 1. The van der Waals surface area contributed by atoms with Crippen LogP contribution in [0.5, 0.6) is 0 Å². The molecule has 0 radical (unpaired) electrons. The molecule has 1 rings (SSSR count). The number of nitrogens with two attached hydrogens (primary N) is 1. The van der Waals surface area contributed by atoms with Crippen molar-refractivity contribution in [1.82, 2.24) is 0 Å². The monoisotopic (exact) mass is 212 g/mol. The van der Waals surface area contributed by atoms with E-state index in [0.717, 1.165) is 15.7 Å². The topological polar surface area (TPSA) is 49.8 Å². The van der Waals surface area contributed by atoms with Gasteiger partial charge in [-0.1, -0.05) is 0 Å². The summed E-state index contributed by atoms with van der Waals surface area (Å²) in [6.45, 7) is 1.95. The van der Waals surface area contributed by atoms with Gasteiger partial charge < -0.3 is 0 Å². The van der Waals surface area contributed by atoms with Crippen molar-refractivity contribution in [3.63, 3.8) is 0 Å². The van der Waals surface area contributed by atoms with Gasteiger partial charge in [0.2, 0.25) is 0 Å². The van der Waals surface area contributed by atoms with Crippen LogP contribution in [-0.4, -0.2) is 15.0 Å². The molecule has 0 unspecified atom stereocenters. The van der Waals surface area contributed by atoms with Gasteiger partial charge in [-0.05, 0) is 0 Å². The van der Waals surface area contributed by atoms with Gasteiger partial charge in [-0.15, -0.1) is 0 Å². The molecule has 0 saturated carbocycles. The number of anilines is 1. The normalized spacial score (nSPS) is 9.09. The van der Waals surface area contributed by atoms with Crippen LogP contribution in [0.2, 0.25) is 0 Å². The Bertz CT molecular complexity index is 301. The third-order valence-electron chi connectivity index (χ3n) is 1.40. The molecule has 1 aromatic carbocycles. The Hall–Kier alpha value is -0.971. The molecule has 2 nitrogen and oxygen atoms in total. The Morgan fingerprint density at radius 3 is 2.82 bits per heavy atom. The van der Waals surface area contributed by atoms with Gasteiger partial charge in [0.05, 0.1) is 0 Å². The number of hydrogen-bond donors (Lipinski definition) is 1. The molecule has 0 amide bonds. The quantitative estimate of drug-likeness (QED) is 0.539. The van der Waals surface area contributed by atoms with Crippen LogP contribution < -0.4 is 10.2 Å². The third-order valence-corrected chi connectivity index (χ3v) is 2.62. The van der Waals surface area contributed by atoms with Crippen molar-refractivity contribution in [1.29, 1.82) is 5.26 Å².